The first kappa shape index (κ1) is 26.8. The summed E-state index contributed by atoms with van der Waals surface area (Å²) < 4.78 is 6.07. The number of likely N-dealkylation sites (tertiary alicyclic amines) is 1. The zero-order valence-corrected chi connectivity index (χ0v) is 22.5. The van der Waals surface area contributed by atoms with Gasteiger partial charge in [-0.2, -0.15) is 0 Å². The SMILES string of the molecule is Cc1c(OCCCCN(C)C)ccc(C(C)N2CC(CNC(=O)c3ccc(Cl)c(Cl)c3)C2)c1C. The fourth-order valence-corrected chi connectivity index (χ4v) is 4.66. The Labute approximate surface area is 214 Å². The third kappa shape index (κ3) is 6.88. The van der Waals surface area contributed by atoms with Crippen LogP contribution in [0.2, 0.25) is 10.0 Å². The summed E-state index contributed by atoms with van der Waals surface area (Å²) in [5.41, 5.74) is 4.40. The summed E-state index contributed by atoms with van der Waals surface area (Å²) in [6.07, 6.45) is 2.20. The molecule has 1 fully saturated rings. The molecule has 0 aliphatic carbocycles. The second-order valence-electron chi connectivity index (χ2n) is 9.60. The number of halogens is 2. The Morgan fingerprint density at radius 1 is 1.12 bits per heavy atom. The topological polar surface area (TPSA) is 44.8 Å². The molecule has 34 heavy (non-hydrogen) atoms. The number of unbranched alkanes of at least 4 members (excludes halogenated alkanes) is 1. The van der Waals surface area contributed by atoms with Gasteiger partial charge >= 0.3 is 0 Å². The molecule has 1 atom stereocenters. The molecule has 1 N–H and O–H groups in total. The van der Waals surface area contributed by atoms with Crippen molar-refractivity contribution >= 4 is 29.1 Å². The van der Waals surface area contributed by atoms with E-state index in [0.717, 1.165) is 44.8 Å². The van der Waals surface area contributed by atoms with Crippen molar-refractivity contribution in [2.75, 3.05) is 46.9 Å². The minimum Gasteiger partial charge on any atom is -0.493 e. The van der Waals surface area contributed by atoms with Crippen LogP contribution in [0.5, 0.6) is 5.75 Å². The average molecular weight is 507 g/mol. The molecule has 0 saturated carbocycles. The molecule has 186 valence electrons. The number of amides is 1. The summed E-state index contributed by atoms with van der Waals surface area (Å²) in [5.74, 6) is 1.32. The highest BCUT2D eigenvalue weighted by atomic mass is 35.5. The van der Waals surface area contributed by atoms with Crippen molar-refractivity contribution in [1.82, 2.24) is 15.1 Å². The van der Waals surface area contributed by atoms with Gasteiger partial charge in [0.2, 0.25) is 0 Å². The van der Waals surface area contributed by atoms with Gasteiger partial charge < -0.3 is 15.0 Å². The zero-order chi connectivity index (χ0) is 24.8. The van der Waals surface area contributed by atoms with Crippen LogP contribution >= 0.6 is 23.2 Å². The molecular weight excluding hydrogens is 469 g/mol. The Balaban J connectivity index is 1.46. The number of carbonyl (C=O) groups excluding carboxylic acids is 1. The normalized spacial score (nSPS) is 15.3. The Morgan fingerprint density at radius 2 is 1.85 bits per heavy atom. The smallest absolute Gasteiger partial charge is 0.251 e. The standard InChI is InChI=1S/C27H37Cl2N3O2/c1-18-19(2)26(34-13-7-6-12-31(4)5)11-9-23(18)20(3)32-16-21(17-32)15-30-27(33)22-8-10-24(28)25(29)14-22/h8-11,14,20-21H,6-7,12-13,15-17H2,1-5H3,(H,30,33). The molecule has 2 aromatic rings. The zero-order valence-electron chi connectivity index (χ0n) is 21.0. The lowest BCUT2D eigenvalue weighted by molar-refractivity contribution is 0.0569. The van der Waals surface area contributed by atoms with Crippen LogP contribution in [0.15, 0.2) is 30.3 Å². The summed E-state index contributed by atoms with van der Waals surface area (Å²) >= 11 is 12.0. The van der Waals surface area contributed by atoms with Gasteiger partial charge in [0.1, 0.15) is 5.75 Å². The lowest BCUT2D eigenvalue weighted by Crippen LogP contribution is -2.52. The molecule has 1 aliphatic rings. The molecule has 1 unspecified atom stereocenters. The molecule has 5 nitrogen and oxygen atoms in total. The van der Waals surface area contributed by atoms with Gasteiger partial charge in [0.25, 0.3) is 5.91 Å². The fourth-order valence-electron chi connectivity index (χ4n) is 4.37. The lowest BCUT2D eigenvalue weighted by Gasteiger charge is -2.44. The number of hydrogen-bond acceptors (Lipinski definition) is 4. The lowest BCUT2D eigenvalue weighted by atomic mass is 9.91. The molecule has 0 spiro atoms. The maximum absolute atomic E-state index is 12.4. The quantitative estimate of drug-likeness (QED) is 0.394. The number of carbonyl (C=O) groups is 1. The maximum Gasteiger partial charge on any atom is 0.251 e. The Kier molecular flexibility index (Phi) is 9.66. The van der Waals surface area contributed by atoms with E-state index in [-0.39, 0.29) is 5.91 Å². The second-order valence-corrected chi connectivity index (χ2v) is 10.4. The first-order valence-corrected chi connectivity index (χ1v) is 12.8. The van der Waals surface area contributed by atoms with E-state index in [9.17, 15) is 4.79 Å². The van der Waals surface area contributed by atoms with Gasteiger partial charge in [-0.25, -0.2) is 0 Å². The third-order valence-corrected chi connectivity index (χ3v) is 7.49. The predicted octanol–water partition coefficient (Wildman–Crippen LogP) is 5.75. The van der Waals surface area contributed by atoms with E-state index in [2.05, 4.69) is 62.1 Å². The molecular formula is C27H37Cl2N3O2. The number of hydrogen-bond donors (Lipinski definition) is 1. The third-order valence-electron chi connectivity index (χ3n) is 6.75. The summed E-state index contributed by atoms with van der Waals surface area (Å²) in [4.78, 5) is 17.1. The van der Waals surface area contributed by atoms with Crippen molar-refractivity contribution in [3.8, 4) is 5.75 Å². The number of nitrogens with one attached hydrogen (secondary N) is 1. The summed E-state index contributed by atoms with van der Waals surface area (Å²) in [7, 11) is 4.20. The van der Waals surface area contributed by atoms with Gasteiger partial charge in [-0.05, 0) is 95.2 Å². The van der Waals surface area contributed by atoms with Gasteiger partial charge in [-0.15, -0.1) is 0 Å². The van der Waals surface area contributed by atoms with E-state index in [1.807, 2.05) is 0 Å². The van der Waals surface area contributed by atoms with E-state index in [1.165, 1.54) is 16.7 Å². The van der Waals surface area contributed by atoms with Crippen LogP contribution in [0, 0.1) is 19.8 Å². The van der Waals surface area contributed by atoms with Crippen LogP contribution in [-0.4, -0.2) is 62.6 Å². The van der Waals surface area contributed by atoms with Crippen LogP contribution in [-0.2, 0) is 0 Å². The molecule has 1 amide bonds. The largest absolute Gasteiger partial charge is 0.493 e. The maximum atomic E-state index is 12.4. The molecule has 0 radical (unpaired) electrons. The van der Waals surface area contributed by atoms with Crippen molar-refractivity contribution < 1.29 is 9.53 Å². The second kappa shape index (κ2) is 12.3. The monoisotopic (exact) mass is 505 g/mol. The minimum atomic E-state index is -0.117. The average Bonchev–Trinajstić information content (AvgIpc) is 2.76. The number of benzene rings is 2. The van der Waals surface area contributed by atoms with Gasteiger partial charge in [0.15, 0.2) is 0 Å². The molecule has 0 bridgehead atoms. The minimum absolute atomic E-state index is 0.117. The Hall–Kier alpha value is -1.79. The van der Waals surface area contributed by atoms with E-state index in [4.69, 9.17) is 27.9 Å². The molecule has 1 saturated heterocycles. The molecule has 1 aliphatic heterocycles. The van der Waals surface area contributed by atoms with Gasteiger partial charge in [-0.3, -0.25) is 9.69 Å². The molecule has 7 heteroatoms. The molecule has 2 aromatic carbocycles. The Morgan fingerprint density at radius 3 is 2.53 bits per heavy atom. The first-order chi connectivity index (χ1) is 16.2. The highest BCUT2D eigenvalue weighted by Gasteiger charge is 2.32. The van der Waals surface area contributed by atoms with E-state index >= 15 is 0 Å². The van der Waals surface area contributed by atoms with Crippen molar-refractivity contribution in [3.63, 3.8) is 0 Å². The van der Waals surface area contributed by atoms with Gasteiger partial charge in [0.05, 0.1) is 16.7 Å². The number of ether oxygens (including phenoxy) is 1. The van der Waals surface area contributed by atoms with E-state index in [0.29, 0.717) is 34.1 Å². The molecule has 0 aromatic heterocycles. The Bertz CT molecular complexity index is 990. The predicted molar refractivity (Wildman–Crippen MR) is 141 cm³/mol. The summed E-state index contributed by atoms with van der Waals surface area (Å²) in [5, 5.41) is 3.87. The number of rotatable bonds is 11. The van der Waals surface area contributed by atoms with Crippen LogP contribution < -0.4 is 10.1 Å². The highest BCUT2D eigenvalue weighted by Crippen LogP contribution is 2.34. The van der Waals surface area contributed by atoms with E-state index < -0.39 is 0 Å². The van der Waals surface area contributed by atoms with Crippen LogP contribution in [0.25, 0.3) is 0 Å². The van der Waals surface area contributed by atoms with Crippen LogP contribution in [0.1, 0.15) is 52.9 Å². The van der Waals surface area contributed by atoms with Crippen LogP contribution in [0.4, 0.5) is 0 Å². The summed E-state index contributed by atoms with van der Waals surface area (Å²) in [6.45, 7) is 11.0. The van der Waals surface area contributed by atoms with Crippen molar-refractivity contribution in [1.29, 1.82) is 0 Å². The first-order valence-electron chi connectivity index (χ1n) is 12.0. The number of nitrogens with zero attached hydrogens (tertiary/aromatic N) is 2. The van der Waals surface area contributed by atoms with Crippen molar-refractivity contribution in [3.05, 3.63) is 62.6 Å². The van der Waals surface area contributed by atoms with Gasteiger partial charge in [0, 0.05) is 37.2 Å². The molecule has 3 rings (SSSR count). The van der Waals surface area contributed by atoms with Gasteiger partial charge in [-0.1, -0.05) is 29.3 Å². The van der Waals surface area contributed by atoms with Crippen molar-refractivity contribution in [2.45, 2.75) is 39.7 Å². The fraction of sp³-hybridized carbons (Fsp3) is 0.519. The van der Waals surface area contributed by atoms with Crippen LogP contribution in [0.3, 0.4) is 0 Å². The van der Waals surface area contributed by atoms with Crippen molar-refractivity contribution in [2.24, 2.45) is 5.92 Å². The highest BCUT2D eigenvalue weighted by molar-refractivity contribution is 6.42. The summed E-state index contributed by atoms with van der Waals surface area (Å²) in [6, 6.07) is 9.61. The van der Waals surface area contributed by atoms with E-state index in [1.54, 1.807) is 18.2 Å². The molecule has 1 heterocycles.